The lowest BCUT2D eigenvalue weighted by Crippen LogP contribution is -2.57. The number of benzene rings is 1. The fourth-order valence-electron chi connectivity index (χ4n) is 3.37. The molecule has 24 heavy (non-hydrogen) atoms. The maximum absolute atomic E-state index is 12.2. The van der Waals surface area contributed by atoms with Gasteiger partial charge in [-0.05, 0) is 56.5 Å². The van der Waals surface area contributed by atoms with Crippen LogP contribution in [0.15, 0.2) is 24.3 Å². The van der Waals surface area contributed by atoms with Crippen molar-refractivity contribution in [2.75, 3.05) is 11.9 Å². The van der Waals surface area contributed by atoms with Crippen molar-refractivity contribution in [1.29, 1.82) is 0 Å². The Morgan fingerprint density at radius 2 is 1.96 bits per heavy atom. The van der Waals surface area contributed by atoms with Crippen LogP contribution in [0.4, 0.5) is 5.69 Å². The van der Waals surface area contributed by atoms with Gasteiger partial charge >= 0.3 is 11.8 Å². The van der Waals surface area contributed by atoms with Crippen LogP contribution in [0.25, 0.3) is 0 Å². The Kier molecular flexibility index (Phi) is 6.63. The van der Waals surface area contributed by atoms with Crippen molar-refractivity contribution >= 4 is 29.1 Å². The predicted molar refractivity (Wildman–Crippen MR) is 97.2 cm³/mol. The molecule has 1 saturated heterocycles. The van der Waals surface area contributed by atoms with Crippen molar-refractivity contribution in [2.24, 2.45) is 0 Å². The molecule has 2 unspecified atom stereocenters. The van der Waals surface area contributed by atoms with Gasteiger partial charge in [0.2, 0.25) is 0 Å². The van der Waals surface area contributed by atoms with Gasteiger partial charge in [-0.1, -0.05) is 31.9 Å². The molecule has 0 spiro atoms. The molecule has 6 heteroatoms. The van der Waals surface area contributed by atoms with E-state index in [2.05, 4.69) is 29.8 Å². The van der Waals surface area contributed by atoms with Crippen LogP contribution >= 0.6 is 11.6 Å². The molecule has 0 aliphatic carbocycles. The first-order valence-corrected chi connectivity index (χ1v) is 8.98. The summed E-state index contributed by atoms with van der Waals surface area (Å²) < 4.78 is 0. The van der Waals surface area contributed by atoms with E-state index in [0.717, 1.165) is 38.6 Å². The molecular weight excluding hydrogens is 326 g/mol. The Hall–Kier alpha value is -1.59. The number of hydrogen-bond acceptors (Lipinski definition) is 3. The number of anilines is 1. The summed E-state index contributed by atoms with van der Waals surface area (Å²) in [7, 11) is 0. The van der Waals surface area contributed by atoms with Gasteiger partial charge in [-0.2, -0.15) is 0 Å². The molecule has 1 fully saturated rings. The Balaban J connectivity index is 1.90. The average Bonchev–Trinajstić information content (AvgIpc) is 2.57. The molecular formula is C18H26ClN3O2. The van der Waals surface area contributed by atoms with E-state index in [1.807, 2.05) is 0 Å². The number of amides is 2. The Morgan fingerprint density at radius 1 is 1.25 bits per heavy atom. The second kappa shape index (κ2) is 8.49. The number of nitrogens with one attached hydrogen (secondary N) is 3. The summed E-state index contributed by atoms with van der Waals surface area (Å²) in [4.78, 5) is 24.2. The molecule has 132 valence electrons. The van der Waals surface area contributed by atoms with Gasteiger partial charge in [-0.3, -0.25) is 9.59 Å². The van der Waals surface area contributed by atoms with Crippen molar-refractivity contribution in [3.05, 3.63) is 29.3 Å². The summed E-state index contributed by atoms with van der Waals surface area (Å²) in [5.41, 5.74) is 0.621. The number of hydrogen-bond donors (Lipinski definition) is 3. The van der Waals surface area contributed by atoms with Gasteiger partial charge < -0.3 is 16.0 Å². The van der Waals surface area contributed by atoms with Crippen LogP contribution in [-0.2, 0) is 9.59 Å². The number of carbonyl (C=O) groups excluding carboxylic acids is 2. The number of carbonyl (C=O) groups is 2. The topological polar surface area (TPSA) is 70.2 Å². The van der Waals surface area contributed by atoms with Gasteiger partial charge in [0.15, 0.2) is 0 Å². The summed E-state index contributed by atoms with van der Waals surface area (Å²) in [6.07, 6.45) is 4.89. The third-order valence-corrected chi connectivity index (χ3v) is 4.93. The molecule has 1 aliphatic rings. The van der Waals surface area contributed by atoms with Gasteiger partial charge in [-0.25, -0.2) is 0 Å². The summed E-state index contributed by atoms with van der Waals surface area (Å²) in [6.45, 7) is 5.19. The molecule has 2 amide bonds. The molecule has 3 N–H and O–H groups in total. The molecule has 1 heterocycles. The molecule has 1 aromatic rings. The number of piperidine rings is 1. The van der Waals surface area contributed by atoms with E-state index >= 15 is 0 Å². The van der Waals surface area contributed by atoms with Crippen LogP contribution in [0.5, 0.6) is 0 Å². The van der Waals surface area contributed by atoms with E-state index in [0.29, 0.717) is 10.7 Å². The van der Waals surface area contributed by atoms with Gasteiger partial charge in [0.25, 0.3) is 0 Å². The zero-order valence-corrected chi connectivity index (χ0v) is 15.1. The highest BCUT2D eigenvalue weighted by atomic mass is 35.5. The van der Waals surface area contributed by atoms with E-state index in [4.69, 9.17) is 11.6 Å². The molecule has 0 radical (unpaired) electrons. The van der Waals surface area contributed by atoms with E-state index in [9.17, 15) is 9.59 Å². The normalized spacial score (nSPS) is 23.5. The minimum absolute atomic E-state index is 0.0289. The smallest absolute Gasteiger partial charge is 0.313 e. The summed E-state index contributed by atoms with van der Waals surface area (Å²) in [5, 5.41) is 9.65. The van der Waals surface area contributed by atoms with Crippen molar-refractivity contribution in [2.45, 2.75) is 57.5 Å². The molecule has 0 bridgehead atoms. The summed E-state index contributed by atoms with van der Waals surface area (Å²) >= 11 is 5.81. The minimum atomic E-state index is -0.645. The van der Waals surface area contributed by atoms with Crippen LogP contribution in [0.1, 0.15) is 46.0 Å². The lowest BCUT2D eigenvalue weighted by atomic mass is 9.80. The van der Waals surface area contributed by atoms with E-state index in [-0.39, 0.29) is 11.6 Å². The van der Waals surface area contributed by atoms with Crippen molar-refractivity contribution in [1.82, 2.24) is 10.6 Å². The molecule has 0 saturated carbocycles. The molecule has 1 aliphatic heterocycles. The first-order chi connectivity index (χ1) is 11.5. The van der Waals surface area contributed by atoms with E-state index in [1.54, 1.807) is 24.3 Å². The lowest BCUT2D eigenvalue weighted by Gasteiger charge is -2.41. The van der Waals surface area contributed by atoms with E-state index in [1.165, 1.54) is 0 Å². The van der Waals surface area contributed by atoms with Crippen LogP contribution in [-0.4, -0.2) is 29.9 Å². The van der Waals surface area contributed by atoms with E-state index < -0.39 is 11.8 Å². The van der Waals surface area contributed by atoms with Crippen LogP contribution in [0.2, 0.25) is 5.02 Å². The molecule has 1 aromatic carbocycles. The van der Waals surface area contributed by atoms with Crippen molar-refractivity contribution in [3.8, 4) is 0 Å². The number of halogens is 1. The maximum Gasteiger partial charge on any atom is 0.313 e. The third kappa shape index (κ3) is 4.95. The van der Waals surface area contributed by atoms with Crippen molar-refractivity contribution < 1.29 is 9.59 Å². The van der Waals surface area contributed by atoms with Crippen LogP contribution in [0.3, 0.4) is 0 Å². The SMILES string of the molecule is CCCC1(CC)CC(NC(=O)C(=O)Nc2ccc(Cl)cc2)CCN1. The van der Waals surface area contributed by atoms with Crippen LogP contribution in [0, 0.1) is 0 Å². The third-order valence-electron chi connectivity index (χ3n) is 4.68. The highest BCUT2D eigenvalue weighted by molar-refractivity contribution is 6.39. The largest absolute Gasteiger partial charge is 0.345 e. The van der Waals surface area contributed by atoms with Gasteiger partial charge in [0.1, 0.15) is 0 Å². The average molecular weight is 352 g/mol. The first kappa shape index (κ1) is 18.7. The van der Waals surface area contributed by atoms with Gasteiger partial charge in [-0.15, -0.1) is 0 Å². The second-order valence-electron chi connectivity index (χ2n) is 6.43. The molecule has 2 rings (SSSR count). The van der Waals surface area contributed by atoms with Gasteiger partial charge in [0, 0.05) is 22.3 Å². The Labute approximate surface area is 148 Å². The number of rotatable bonds is 5. The zero-order chi connectivity index (χ0) is 17.6. The molecule has 5 nitrogen and oxygen atoms in total. The molecule has 0 aromatic heterocycles. The minimum Gasteiger partial charge on any atom is -0.345 e. The lowest BCUT2D eigenvalue weighted by molar-refractivity contribution is -0.136. The van der Waals surface area contributed by atoms with Crippen LogP contribution < -0.4 is 16.0 Å². The predicted octanol–water partition coefficient (Wildman–Crippen LogP) is 3.10. The quantitative estimate of drug-likeness (QED) is 0.714. The summed E-state index contributed by atoms with van der Waals surface area (Å²) in [5.74, 6) is -1.23. The van der Waals surface area contributed by atoms with Gasteiger partial charge in [0.05, 0.1) is 0 Å². The monoisotopic (exact) mass is 351 g/mol. The fraction of sp³-hybridized carbons (Fsp3) is 0.556. The Bertz CT molecular complexity index is 572. The second-order valence-corrected chi connectivity index (χ2v) is 6.87. The highest BCUT2D eigenvalue weighted by Gasteiger charge is 2.34. The first-order valence-electron chi connectivity index (χ1n) is 8.60. The molecule has 2 atom stereocenters. The standard InChI is InChI=1S/C18H26ClN3O2/c1-3-10-18(4-2)12-15(9-11-20-18)22-17(24)16(23)21-14-7-5-13(19)6-8-14/h5-8,15,20H,3-4,9-12H2,1-2H3,(H,21,23)(H,22,24). The Morgan fingerprint density at radius 3 is 2.58 bits per heavy atom. The summed E-state index contributed by atoms with van der Waals surface area (Å²) in [6, 6.07) is 6.70. The highest BCUT2D eigenvalue weighted by Crippen LogP contribution is 2.27. The maximum atomic E-state index is 12.2. The van der Waals surface area contributed by atoms with Crippen molar-refractivity contribution in [3.63, 3.8) is 0 Å². The fourth-order valence-corrected chi connectivity index (χ4v) is 3.49. The zero-order valence-electron chi connectivity index (χ0n) is 14.3.